The monoisotopic (exact) mass is 205 g/mol. The van der Waals surface area contributed by atoms with Gasteiger partial charge >= 0.3 is 0 Å². The summed E-state index contributed by atoms with van der Waals surface area (Å²) in [4.78, 5) is 4.14. The van der Waals surface area contributed by atoms with E-state index >= 15 is 0 Å². The zero-order valence-electron chi connectivity index (χ0n) is 8.76. The number of nitrogens with two attached hydrogens (primary N) is 1. The first-order valence-corrected chi connectivity index (χ1v) is 5.07. The van der Waals surface area contributed by atoms with E-state index in [-0.39, 0.29) is 6.04 Å². The van der Waals surface area contributed by atoms with Crippen LogP contribution in [0.3, 0.4) is 0 Å². The molecule has 2 rings (SSSR count). The van der Waals surface area contributed by atoms with Gasteiger partial charge in [-0.1, -0.05) is 0 Å². The maximum Gasteiger partial charge on any atom is 0.126 e. The molecule has 0 aliphatic rings. The van der Waals surface area contributed by atoms with Gasteiger partial charge in [0.05, 0.1) is 18.6 Å². The Morgan fingerprint density at radius 1 is 1.60 bits per heavy atom. The smallest absolute Gasteiger partial charge is 0.126 e. The van der Waals surface area contributed by atoms with Crippen LogP contribution in [0.15, 0.2) is 35.3 Å². The average Bonchev–Trinajstić information content (AvgIpc) is 2.87. The highest BCUT2D eigenvalue weighted by Crippen LogP contribution is 2.19. The Hall–Kier alpha value is -1.55. The molecule has 80 valence electrons. The summed E-state index contributed by atoms with van der Waals surface area (Å²) < 4.78 is 7.46. The minimum Gasteiger partial charge on any atom is -0.467 e. The van der Waals surface area contributed by atoms with Crippen molar-refractivity contribution in [1.82, 2.24) is 9.55 Å². The molecule has 0 fully saturated rings. The fraction of sp³-hybridized carbons (Fsp3) is 0.364. The molecule has 0 radical (unpaired) electrons. The van der Waals surface area contributed by atoms with Crippen molar-refractivity contribution >= 4 is 0 Å². The standard InChI is InChI=1S/C11H15N3O/c1-9(11-3-2-6-15-11)14-8-13-7-10(14)4-5-12/h2-3,6-9H,4-5,12H2,1H3. The molecule has 0 saturated heterocycles. The Balaban J connectivity index is 2.25. The van der Waals surface area contributed by atoms with E-state index in [2.05, 4.69) is 16.5 Å². The predicted octanol–water partition coefficient (Wildman–Crippen LogP) is 1.59. The van der Waals surface area contributed by atoms with Crippen molar-refractivity contribution in [1.29, 1.82) is 0 Å². The van der Waals surface area contributed by atoms with Crippen molar-refractivity contribution in [3.05, 3.63) is 42.4 Å². The van der Waals surface area contributed by atoms with Crippen LogP contribution in [-0.2, 0) is 6.42 Å². The Bertz CT molecular complexity index is 405. The van der Waals surface area contributed by atoms with Gasteiger partial charge < -0.3 is 14.7 Å². The van der Waals surface area contributed by atoms with Gasteiger partial charge in [-0.3, -0.25) is 0 Å². The van der Waals surface area contributed by atoms with Gasteiger partial charge in [-0.15, -0.1) is 0 Å². The van der Waals surface area contributed by atoms with Crippen molar-refractivity contribution < 1.29 is 4.42 Å². The van der Waals surface area contributed by atoms with Crippen LogP contribution in [0.2, 0.25) is 0 Å². The molecule has 2 heterocycles. The zero-order chi connectivity index (χ0) is 10.7. The first-order valence-electron chi connectivity index (χ1n) is 5.07. The minimum absolute atomic E-state index is 0.170. The maximum atomic E-state index is 5.54. The van der Waals surface area contributed by atoms with Crippen LogP contribution in [-0.4, -0.2) is 16.1 Å². The number of furan rings is 1. The predicted molar refractivity (Wildman–Crippen MR) is 57.5 cm³/mol. The highest BCUT2D eigenvalue weighted by Gasteiger charge is 2.13. The fourth-order valence-electron chi connectivity index (χ4n) is 1.69. The van der Waals surface area contributed by atoms with Crippen molar-refractivity contribution in [2.45, 2.75) is 19.4 Å². The van der Waals surface area contributed by atoms with Gasteiger partial charge in [-0.2, -0.15) is 0 Å². The number of hydrogen-bond donors (Lipinski definition) is 1. The lowest BCUT2D eigenvalue weighted by Gasteiger charge is -2.13. The quantitative estimate of drug-likeness (QED) is 0.824. The van der Waals surface area contributed by atoms with Gasteiger partial charge in [0.1, 0.15) is 5.76 Å². The second-order valence-corrected chi connectivity index (χ2v) is 3.52. The normalized spacial score (nSPS) is 12.9. The molecule has 1 atom stereocenters. The van der Waals surface area contributed by atoms with E-state index in [0.717, 1.165) is 17.9 Å². The molecule has 2 aromatic rings. The third-order valence-corrected chi connectivity index (χ3v) is 2.52. The summed E-state index contributed by atoms with van der Waals surface area (Å²) in [6, 6.07) is 4.03. The van der Waals surface area contributed by atoms with Crippen LogP contribution in [0.25, 0.3) is 0 Å². The molecule has 0 aromatic carbocycles. The molecular formula is C11H15N3O. The third-order valence-electron chi connectivity index (χ3n) is 2.52. The summed E-state index contributed by atoms with van der Waals surface area (Å²) in [5.41, 5.74) is 6.68. The molecule has 0 spiro atoms. The average molecular weight is 205 g/mol. The van der Waals surface area contributed by atoms with E-state index in [1.165, 1.54) is 0 Å². The van der Waals surface area contributed by atoms with E-state index < -0.39 is 0 Å². The second-order valence-electron chi connectivity index (χ2n) is 3.52. The van der Waals surface area contributed by atoms with E-state index in [1.54, 1.807) is 6.26 Å². The Kier molecular flexibility index (Phi) is 2.87. The lowest BCUT2D eigenvalue weighted by molar-refractivity contribution is 0.440. The summed E-state index contributed by atoms with van der Waals surface area (Å²) >= 11 is 0. The molecule has 1 unspecified atom stereocenters. The van der Waals surface area contributed by atoms with Gasteiger partial charge in [-0.05, 0) is 25.6 Å². The first-order chi connectivity index (χ1) is 7.33. The van der Waals surface area contributed by atoms with E-state index in [0.29, 0.717) is 6.54 Å². The van der Waals surface area contributed by atoms with Crippen LogP contribution in [0.4, 0.5) is 0 Å². The maximum absolute atomic E-state index is 5.54. The fourth-order valence-corrected chi connectivity index (χ4v) is 1.69. The van der Waals surface area contributed by atoms with Gasteiger partial charge in [0, 0.05) is 18.3 Å². The molecule has 0 bridgehead atoms. The third kappa shape index (κ3) is 1.94. The van der Waals surface area contributed by atoms with Crippen molar-refractivity contribution in [2.75, 3.05) is 6.54 Å². The van der Waals surface area contributed by atoms with Crippen LogP contribution in [0.1, 0.15) is 24.4 Å². The van der Waals surface area contributed by atoms with Gasteiger partial charge in [0.15, 0.2) is 0 Å². The molecule has 0 aliphatic heterocycles. The summed E-state index contributed by atoms with van der Waals surface area (Å²) in [5, 5.41) is 0. The number of aromatic nitrogens is 2. The summed E-state index contributed by atoms with van der Waals surface area (Å²) in [6.45, 7) is 2.72. The number of rotatable bonds is 4. The second kappa shape index (κ2) is 4.31. The lowest BCUT2D eigenvalue weighted by Crippen LogP contribution is -2.12. The van der Waals surface area contributed by atoms with E-state index in [9.17, 15) is 0 Å². The van der Waals surface area contributed by atoms with Crippen molar-refractivity contribution in [3.8, 4) is 0 Å². The largest absolute Gasteiger partial charge is 0.467 e. The van der Waals surface area contributed by atoms with E-state index in [4.69, 9.17) is 10.2 Å². The Labute approximate surface area is 88.7 Å². The molecule has 0 aliphatic carbocycles. The Morgan fingerprint density at radius 2 is 2.47 bits per heavy atom. The van der Waals surface area contributed by atoms with Gasteiger partial charge in [0.25, 0.3) is 0 Å². The molecule has 4 nitrogen and oxygen atoms in total. The summed E-state index contributed by atoms with van der Waals surface area (Å²) in [5.74, 6) is 0.936. The molecule has 4 heteroatoms. The minimum atomic E-state index is 0.170. The van der Waals surface area contributed by atoms with Crippen molar-refractivity contribution in [2.24, 2.45) is 5.73 Å². The van der Waals surface area contributed by atoms with Crippen molar-refractivity contribution in [3.63, 3.8) is 0 Å². The highest BCUT2D eigenvalue weighted by atomic mass is 16.3. The zero-order valence-corrected chi connectivity index (χ0v) is 8.76. The first kappa shape index (κ1) is 9.98. The summed E-state index contributed by atoms with van der Waals surface area (Å²) in [6.07, 6.45) is 6.20. The molecule has 2 aromatic heterocycles. The molecule has 15 heavy (non-hydrogen) atoms. The number of nitrogens with zero attached hydrogens (tertiary/aromatic N) is 2. The molecular weight excluding hydrogens is 190 g/mol. The lowest BCUT2D eigenvalue weighted by atomic mass is 10.2. The highest BCUT2D eigenvalue weighted by molar-refractivity contribution is 5.10. The van der Waals surface area contributed by atoms with Crippen LogP contribution < -0.4 is 5.73 Å². The van der Waals surface area contributed by atoms with Crippen LogP contribution in [0, 0.1) is 0 Å². The Morgan fingerprint density at radius 3 is 3.13 bits per heavy atom. The SMILES string of the molecule is CC(c1ccco1)n1cncc1CCN. The van der Waals surface area contributed by atoms with Gasteiger partial charge in [0.2, 0.25) is 0 Å². The topological polar surface area (TPSA) is 57.0 Å². The molecule has 0 saturated carbocycles. The molecule has 0 amide bonds. The van der Waals surface area contributed by atoms with Gasteiger partial charge in [-0.25, -0.2) is 4.98 Å². The number of hydrogen-bond acceptors (Lipinski definition) is 3. The summed E-state index contributed by atoms with van der Waals surface area (Å²) in [7, 11) is 0. The van der Waals surface area contributed by atoms with Crippen LogP contribution >= 0.6 is 0 Å². The molecule has 2 N–H and O–H groups in total. The van der Waals surface area contributed by atoms with Crippen LogP contribution in [0.5, 0.6) is 0 Å². The van der Waals surface area contributed by atoms with E-state index in [1.807, 2.05) is 24.7 Å². The number of imidazole rings is 1.